The Kier molecular flexibility index (Phi) is 4.91. The van der Waals surface area contributed by atoms with Gasteiger partial charge in [0.2, 0.25) is 0 Å². The van der Waals surface area contributed by atoms with E-state index in [2.05, 4.69) is 5.32 Å². The number of halogens is 3. The van der Waals surface area contributed by atoms with E-state index in [1.54, 1.807) is 7.11 Å². The van der Waals surface area contributed by atoms with Crippen molar-refractivity contribution in [1.82, 2.24) is 5.32 Å². The smallest absolute Gasteiger partial charge is 0.393 e. The van der Waals surface area contributed by atoms with Crippen LogP contribution >= 0.6 is 0 Å². The minimum Gasteiger partial charge on any atom is -0.497 e. The second-order valence-corrected chi connectivity index (χ2v) is 5.24. The van der Waals surface area contributed by atoms with E-state index >= 15 is 0 Å². The lowest BCUT2D eigenvalue weighted by atomic mass is 9.86. The van der Waals surface area contributed by atoms with Crippen molar-refractivity contribution in [1.29, 1.82) is 0 Å². The topological polar surface area (TPSA) is 21.3 Å². The molecule has 0 saturated carbocycles. The maximum atomic E-state index is 13.0. The summed E-state index contributed by atoms with van der Waals surface area (Å²) in [5.41, 5.74) is 1.04. The molecule has 1 aliphatic rings. The highest BCUT2D eigenvalue weighted by atomic mass is 19.4. The molecule has 0 radical (unpaired) electrons. The number of piperidine rings is 1. The van der Waals surface area contributed by atoms with E-state index in [0.29, 0.717) is 25.8 Å². The number of rotatable bonds is 4. The zero-order chi connectivity index (χ0) is 14.6. The molecule has 2 unspecified atom stereocenters. The average Bonchev–Trinajstić information content (AvgIpc) is 2.45. The number of alkyl halides is 3. The molecule has 112 valence electrons. The van der Waals surface area contributed by atoms with Crippen LogP contribution in [0.1, 0.15) is 24.8 Å². The molecule has 1 aliphatic heterocycles. The van der Waals surface area contributed by atoms with Gasteiger partial charge in [-0.15, -0.1) is 0 Å². The zero-order valence-electron chi connectivity index (χ0n) is 11.5. The molecule has 1 aromatic rings. The summed E-state index contributed by atoms with van der Waals surface area (Å²) < 4.78 is 43.9. The van der Waals surface area contributed by atoms with Crippen LogP contribution in [0.5, 0.6) is 5.75 Å². The predicted molar refractivity (Wildman–Crippen MR) is 71.9 cm³/mol. The summed E-state index contributed by atoms with van der Waals surface area (Å²) in [6, 6.07) is 7.02. The van der Waals surface area contributed by atoms with Gasteiger partial charge in [0.25, 0.3) is 0 Å². The molecule has 20 heavy (non-hydrogen) atoms. The first-order chi connectivity index (χ1) is 9.50. The van der Waals surface area contributed by atoms with Crippen molar-refractivity contribution in [2.75, 3.05) is 13.7 Å². The lowest BCUT2D eigenvalue weighted by Crippen LogP contribution is -2.47. The van der Waals surface area contributed by atoms with Crippen LogP contribution in [0.2, 0.25) is 0 Å². The minimum absolute atomic E-state index is 0.240. The summed E-state index contributed by atoms with van der Waals surface area (Å²) in [7, 11) is 1.59. The van der Waals surface area contributed by atoms with Gasteiger partial charge in [0, 0.05) is 6.04 Å². The van der Waals surface area contributed by atoms with Crippen molar-refractivity contribution in [3.63, 3.8) is 0 Å². The minimum atomic E-state index is -4.10. The summed E-state index contributed by atoms with van der Waals surface area (Å²) in [5.74, 6) is -0.452. The molecule has 0 spiro atoms. The van der Waals surface area contributed by atoms with E-state index in [-0.39, 0.29) is 6.42 Å². The Bertz CT molecular complexity index is 416. The maximum Gasteiger partial charge on any atom is 0.393 e. The SMILES string of the molecule is COc1ccc(CCC2NCCCC2C(F)(F)F)cc1. The highest BCUT2D eigenvalue weighted by molar-refractivity contribution is 5.27. The Morgan fingerprint density at radius 2 is 1.95 bits per heavy atom. The van der Waals surface area contributed by atoms with Gasteiger partial charge < -0.3 is 10.1 Å². The summed E-state index contributed by atoms with van der Waals surface area (Å²) in [6.07, 6.45) is -2.10. The van der Waals surface area contributed by atoms with Gasteiger partial charge in [-0.05, 0) is 49.9 Å². The van der Waals surface area contributed by atoms with Crippen molar-refractivity contribution >= 4 is 0 Å². The van der Waals surface area contributed by atoms with Crippen molar-refractivity contribution in [3.05, 3.63) is 29.8 Å². The summed E-state index contributed by atoms with van der Waals surface area (Å²) in [5, 5.41) is 3.02. The molecule has 5 heteroatoms. The van der Waals surface area contributed by atoms with Gasteiger partial charge in [0.15, 0.2) is 0 Å². The van der Waals surface area contributed by atoms with Gasteiger partial charge in [-0.25, -0.2) is 0 Å². The Hall–Kier alpha value is -1.23. The predicted octanol–water partition coefficient (Wildman–Crippen LogP) is 3.56. The molecule has 1 heterocycles. The third-order valence-electron chi connectivity index (χ3n) is 3.91. The Labute approximate surface area is 117 Å². The molecule has 2 atom stereocenters. The van der Waals surface area contributed by atoms with Crippen LogP contribution in [-0.4, -0.2) is 25.9 Å². The highest BCUT2D eigenvalue weighted by Gasteiger charge is 2.45. The van der Waals surface area contributed by atoms with Crippen LogP contribution in [0.4, 0.5) is 13.2 Å². The number of aryl methyl sites for hydroxylation is 1. The molecule has 1 N–H and O–H groups in total. The largest absolute Gasteiger partial charge is 0.497 e. The van der Waals surface area contributed by atoms with Crippen molar-refractivity contribution in [3.8, 4) is 5.75 Å². The molecule has 1 fully saturated rings. The monoisotopic (exact) mass is 287 g/mol. The van der Waals surface area contributed by atoms with Crippen LogP contribution in [0, 0.1) is 5.92 Å². The Balaban J connectivity index is 1.93. The quantitative estimate of drug-likeness (QED) is 0.914. The van der Waals surface area contributed by atoms with Crippen LogP contribution in [0.3, 0.4) is 0 Å². The van der Waals surface area contributed by atoms with Crippen LogP contribution in [0.25, 0.3) is 0 Å². The molecule has 1 saturated heterocycles. The third-order valence-corrected chi connectivity index (χ3v) is 3.91. The first-order valence-electron chi connectivity index (χ1n) is 6.93. The van der Waals surface area contributed by atoms with Crippen LogP contribution in [0.15, 0.2) is 24.3 Å². The number of hydrogen-bond donors (Lipinski definition) is 1. The molecule has 0 amide bonds. The molecule has 2 rings (SSSR count). The van der Waals surface area contributed by atoms with E-state index < -0.39 is 18.1 Å². The first kappa shape index (κ1) is 15.2. The summed E-state index contributed by atoms with van der Waals surface area (Å²) in [4.78, 5) is 0. The molecule has 0 aliphatic carbocycles. The third kappa shape index (κ3) is 3.88. The van der Waals surface area contributed by atoms with Crippen molar-refractivity contribution < 1.29 is 17.9 Å². The van der Waals surface area contributed by atoms with E-state index in [4.69, 9.17) is 4.74 Å². The van der Waals surface area contributed by atoms with Gasteiger partial charge in [0.05, 0.1) is 13.0 Å². The first-order valence-corrected chi connectivity index (χ1v) is 6.93. The number of nitrogens with one attached hydrogen (secondary N) is 1. The number of hydrogen-bond acceptors (Lipinski definition) is 2. The molecule has 2 nitrogen and oxygen atoms in total. The lowest BCUT2D eigenvalue weighted by molar-refractivity contribution is -0.188. The van der Waals surface area contributed by atoms with Gasteiger partial charge in [0.1, 0.15) is 5.75 Å². The number of ether oxygens (including phenoxy) is 1. The standard InChI is InChI=1S/C15H20F3NO/c1-20-12-7-4-11(5-8-12)6-9-14-13(15(16,17)18)3-2-10-19-14/h4-5,7-8,13-14,19H,2-3,6,9-10H2,1H3. The molecular weight excluding hydrogens is 267 g/mol. The fraction of sp³-hybridized carbons (Fsp3) is 0.600. The Morgan fingerprint density at radius 1 is 1.25 bits per heavy atom. The van der Waals surface area contributed by atoms with Crippen LogP contribution < -0.4 is 10.1 Å². The zero-order valence-corrected chi connectivity index (χ0v) is 11.5. The fourth-order valence-electron chi connectivity index (χ4n) is 2.76. The molecule has 0 aromatic heterocycles. The van der Waals surface area contributed by atoms with Gasteiger partial charge in [-0.3, -0.25) is 0 Å². The second-order valence-electron chi connectivity index (χ2n) is 5.24. The number of benzene rings is 1. The van der Waals surface area contributed by atoms with E-state index in [1.807, 2.05) is 24.3 Å². The van der Waals surface area contributed by atoms with E-state index in [0.717, 1.165) is 11.3 Å². The Morgan fingerprint density at radius 3 is 2.55 bits per heavy atom. The summed E-state index contributed by atoms with van der Waals surface area (Å²) >= 11 is 0. The molecule has 0 bridgehead atoms. The average molecular weight is 287 g/mol. The van der Waals surface area contributed by atoms with Crippen molar-refractivity contribution in [2.24, 2.45) is 5.92 Å². The second kappa shape index (κ2) is 6.48. The fourth-order valence-corrected chi connectivity index (χ4v) is 2.76. The highest BCUT2D eigenvalue weighted by Crippen LogP contribution is 2.35. The normalized spacial score (nSPS) is 23.6. The van der Waals surface area contributed by atoms with Gasteiger partial charge in [-0.2, -0.15) is 13.2 Å². The van der Waals surface area contributed by atoms with Gasteiger partial charge in [-0.1, -0.05) is 12.1 Å². The summed E-state index contributed by atoms with van der Waals surface area (Å²) in [6.45, 7) is 0.680. The van der Waals surface area contributed by atoms with Gasteiger partial charge >= 0.3 is 6.18 Å². The number of methoxy groups -OCH3 is 1. The lowest BCUT2D eigenvalue weighted by Gasteiger charge is -2.34. The van der Waals surface area contributed by atoms with E-state index in [9.17, 15) is 13.2 Å². The maximum absolute atomic E-state index is 13.0. The molecular formula is C15H20F3NO. The van der Waals surface area contributed by atoms with Crippen molar-refractivity contribution in [2.45, 2.75) is 37.9 Å². The molecule has 1 aromatic carbocycles. The van der Waals surface area contributed by atoms with Crippen LogP contribution in [-0.2, 0) is 6.42 Å². The van der Waals surface area contributed by atoms with E-state index in [1.165, 1.54) is 0 Å².